The number of hydrogen-bond donors (Lipinski definition) is 1. The van der Waals surface area contributed by atoms with E-state index in [2.05, 4.69) is 0 Å². The normalized spacial score (nSPS) is 18.8. The number of nitrogens with zero attached hydrogens (tertiary/aromatic N) is 1. The van der Waals surface area contributed by atoms with Crippen LogP contribution in [0.15, 0.2) is 23.1 Å². The van der Waals surface area contributed by atoms with Crippen LogP contribution in [0.4, 0.5) is 0 Å². The van der Waals surface area contributed by atoms with Crippen LogP contribution in [0.3, 0.4) is 0 Å². The molecule has 0 spiro atoms. The number of carboxylic acids is 1. The van der Waals surface area contributed by atoms with Crippen LogP contribution in [0.2, 0.25) is 0 Å². The zero-order valence-electron chi connectivity index (χ0n) is 12.9. The Bertz CT molecular complexity index is 674. The van der Waals surface area contributed by atoms with Gasteiger partial charge in [0.1, 0.15) is 6.61 Å². The summed E-state index contributed by atoms with van der Waals surface area (Å²) >= 11 is 0. The molecule has 1 N–H and O–H groups in total. The first kappa shape index (κ1) is 17.5. The van der Waals surface area contributed by atoms with Gasteiger partial charge < -0.3 is 19.3 Å². The molecule has 1 heterocycles. The topological polar surface area (TPSA) is 102 Å². The maximum absolute atomic E-state index is 12.6. The maximum atomic E-state index is 12.6. The van der Waals surface area contributed by atoms with Crippen molar-refractivity contribution >= 4 is 16.0 Å². The molecule has 23 heavy (non-hydrogen) atoms. The quantitative estimate of drug-likeness (QED) is 0.770. The van der Waals surface area contributed by atoms with Crippen molar-refractivity contribution in [1.29, 1.82) is 0 Å². The molecule has 0 radical (unpaired) electrons. The highest BCUT2D eigenvalue weighted by Crippen LogP contribution is 2.31. The lowest BCUT2D eigenvalue weighted by molar-refractivity contribution is -0.144. The van der Waals surface area contributed by atoms with Crippen LogP contribution >= 0.6 is 0 Å². The summed E-state index contributed by atoms with van der Waals surface area (Å²) in [6.07, 6.45) is 0.0424. The van der Waals surface area contributed by atoms with E-state index in [1.807, 2.05) is 0 Å². The monoisotopic (exact) mass is 345 g/mol. The Morgan fingerprint density at radius 1 is 1.30 bits per heavy atom. The summed E-state index contributed by atoms with van der Waals surface area (Å²) in [4.78, 5) is 10.6. The average molecular weight is 345 g/mol. The van der Waals surface area contributed by atoms with Crippen LogP contribution in [0.5, 0.6) is 11.5 Å². The molecule has 0 aliphatic carbocycles. The Labute approximate surface area is 134 Å². The van der Waals surface area contributed by atoms with Crippen molar-refractivity contribution < 1.29 is 32.5 Å². The highest BCUT2D eigenvalue weighted by Gasteiger charge is 2.33. The molecule has 1 aliphatic heterocycles. The van der Waals surface area contributed by atoms with Crippen LogP contribution in [0.25, 0.3) is 0 Å². The first-order valence-electron chi connectivity index (χ1n) is 6.94. The van der Waals surface area contributed by atoms with E-state index < -0.39 is 28.7 Å². The number of methoxy groups -OCH3 is 2. The highest BCUT2D eigenvalue weighted by atomic mass is 32.2. The molecule has 1 aromatic rings. The summed E-state index contributed by atoms with van der Waals surface area (Å²) in [5.41, 5.74) is 0. The number of aliphatic carboxylic acids is 1. The van der Waals surface area contributed by atoms with Crippen molar-refractivity contribution in [3.8, 4) is 11.5 Å². The summed E-state index contributed by atoms with van der Waals surface area (Å²) in [6, 6.07) is 4.38. The van der Waals surface area contributed by atoms with Gasteiger partial charge in [-0.25, -0.2) is 13.2 Å². The minimum Gasteiger partial charge on any atom is -0.493 e. The first-order chi connectivity index (χ1) is 10.9. The molecule has 9 heteroatoms. The Hall–Kier alpha value is -1.84. The second-order valence-corrected chi connectivity index (χ2v) is 6.93. The van der Waals surface area contributed by atoms with Crippen LogP contribution in [0.1, 0.15) is 6.42 Å². The Balaban J connectivity index is 2.14. The molecule has 1 unspecified atom stereocenters. The predicted octanol–water partition coefficient (Wildman–Crippen LogP) is 0.568. The first-order valence-corrected chi connectivity index (χ1v) is 8.38. The predicted molar refractivity (Wildman–Crippen MR) is 80.3 cm³/mol. The van der Waals surface area contributed by atoms with Gasteiger partial charge >= 0.3 is 5.97 Å². The summed E-state index contributed by atoms with van der Waals surface area (Å²) in [6.45, 7) is -0.0279. The van der Waals surface area contributed by atoms with Gasteiger partial charge in [0, 0.05) is 19.2 Å². The number of carbonyl (C=O) groups is 1. The number of ether oxygens (including phenoxy) is 3. The Kier molecular flexibility index (Phi) is 5.45. The number of carboxylic acid groups (broad SMARTS) is 1. The molecule has 1 aromatic carbocycles. The molecule has 1 saturated heterocycles. The Morgan fingerprint density at radius 2 is 2.00 bits per heavy atom. The molecule has 1 aliphatic rings. The van der Waals surface area contributed by atoms with E-state index in [-0.39, 0.29) is 18.0 Å². The molecule has 0 saturated carbocycles. The molecule has 1 fully saturated rings. The molecule has 8 nitrogen and oxygen atoms in total. The number of sulfonamides is 1. The fourth-order valence-corrected chi connectivity index (χ4v) is 3.87. The van der Waals surface area contributed by atoms with E-state index in [0.29, 0.717) is 17.9 Å². The second-order valence-electron chi connectivity index (χ2n) is 5.00. The fraction of sp³-hybridized carbons (Fsp3) is 0.500. The summed E-state index contributed by atoms with van der Waals surface area (Å²) in [5, 5.41) is 8.60. The van der Waals surface area contributed by atoms with Gasteiger partial charge in [0.05, 0.1) is 25.2 Å². The molecule has 128 valence electrons. The summed E-state index contributed by atoms with van der Waals surface area (Å²) in [7, 11) is -0.798. The van der Waals surface area contributed by atoms with Gasteiger partial charge in [0.15, 0.2) is 11.5 Å². The van der Waals surface area contributed by atoms with Crippen LogP contribution in [-0.4, -0.2) is 63.8 Å². The summed E-state index contributed by atoms with van der Waals surface area (Å²) in [5.74, 6) is -0.312. The van der Waals surface area contributed by atoms with Crippen LogP contribution in [0, 0.1) is 0 Å². The van der Waals surface area contributed by atoms with Crippen molar-refractivity contribution in [2.45, 2.75) is 17.4 Å². The SMILES string of the molecule is COc1ccc(S(=O)(=O)N2CCC(OCC(=O)O)C2)cc1OC. The zero-order valence-corrected chi connectivity index (χ0v) is 13.7. The lowest BCUT2D eigenvalue weighted by atomic mass is 10.3. The van der Waals surface area contributed by atoms with Crippen molar-refractivity contribution in [2.75, 3.05) is 33.9 Å². The second kappa shape index (κ2) is 7.16. The van der Waals surface area contributed by atoms with E-state index >= 15 is 0 Å². The van der Waals surface area contributed by atoms with Crippen molar-refractivity contribution in [2.24, 2.45) is 0 Å². The standard InChI is InChI=1S/C14H19NO7S/c1-20-12-4-3-11(7-13(12)21-2)23(18,19)15-6-5-10(8-15)22-9-14(16)17/h3-4,7,10H,5-6,8-9H2,1-2H3,(H,16,17). The molecule has 2 rings (SSSR count). The van der Waals surface area contributed by atoms with Gasteiger partial charge in [-0.3, -0.25) is 0 Å². The van der Waals surface area contributed by atoms with Crippen molar-refractivity contribution in [1.82, 2.24) is 4.31 Å². The number of hydrogen-bond acceptors (Lipinski definition) is 6. The van der Waals surface area contributed by atoms with Gasteiger partial charge in [-0.15, -0.1) is 0 Å². The highest BCUT2D eigenvalue weighted by molar-refractivity contribution is 7.89. The molecular formula is C14H19NO7S. The third-order valence-corrected chi connectivity index (χ3v) is 5.40. The van der Waals surface area contributed by atoms with Crippen LogP contribution in [-0.2, 0) is 19.6 Å². The number of benzene rings is 1. The smallest absolute Gasteiger partial charge is 0.329 e. The fourth-order valence-electron chi connectivity index (χ4n) is 2.37. The third-order valence-electron chi connectivity index (χ3n) is 3.54. The molecular weight excluding hydrogens is 326 g/mol. The van der Waals surface area contributed by atoms with Crippen molar-refractivity contribution in [3.05, 3.63) is 18.2 Å². The van der Waals surface area contributed by atoms with Crippen molar-refractivity contribution in [3.63, 3.8) is 0 Å². The molecule has 1 atom stereocenters. The largest absolute Gasteiger partial charge is 0.493 e. The zero-order chi connectivity index (χ0) is 17.0. The van der Waals surface area contributed by atoms with Crippen LogP contribution < -0.4 is 9.47 Å². The summed E-state index contributed by atoms with van der Waals surface area (Å²) < 4.78 is 41.9. The van der Waals surface area contributed by atoms with Gasteiger partial charge in [-0.2, -0.15) is 4.31 Å². The lowest BCUT2D eigenvalue weighted by Crippen LogP contribution is -2.30. The van der Waals surface area contributed by atoms with Gasteiger partial charge in [0.2, 0.25) is 10.0 Å². The minimum absolute atomic E-state index is 0.0917. The van der Waals surface area contributed by atoms with E-state index in [9.17, 15) is 13.2 Å². The molecule has 0 aromatic heterocycles. The third kappa shape index (κ3) is 3.92. The van der Waals surface area contributed by atoms with E-state index in [4.69, 9.17) is 19.3 Å². The lowest BCUT2D eigenvalue weighted by Gasteiger charge is -2.17. The number of rotatable bonds is 7. The molecule has 0 amide bonds. The Morgan fingerprint density at radius 3 is 2.61 bits per heavy atom. The van der Waals surface area contributed by atoms with E-state index in [1.165, 1.54) is 36.7 Å². The molecule has 0 bridgehead atoms. The van der Waals surface area contributed by atoms with Gasteiger partial charge in [-0.1, -0.05) is 0 Å². The van der Waals surface area contributed by atoms with Gasteiger partial charge in [0.25, 0.3) is 0 Å². The minimum atomic E-state index is -3.70. The maximum Gasteiger partial charge on any atom is 0.329 e. The van der Waals surface area contributed by atoms with E-state index in [1.54, 1.807) is 0 Å². The average Bonchev–Trinajstić information content (AvgIpc) is 3.01. The van der Waals surface area contributed by atoms with Gasteiger partial charge in [-0.05, 0) is 18.6 Å². The van der Waals surface area contributed by atoms with E-state index in [0.717, 1.165) is 0 Å².